The second kappa shape index (κ2) is 7.44. The lowest BCUT2D eigenvalue weighted by molar-refractivity contribution is -0.119. The molecule has 1 aromatic heterocycles. The molecule has 0 unspecified atom stereocenters. The van der Waals surface area contributed by atoms with Crippen LogP contribution < -0.4 is 10.9 Å². The fraction of sp³-hybridized carbons (Fsp3) is 0.231. The van der Waals surface area contributed by atoms with Gasteiger partial charge in [-0.25, -0.2) is 0 Å². The smallest absolute Gasteiger partial charge is 0.277 e. The number of hydrogen-bond acceptors (Lipinski definition) is 6. The predicted octanol–water partition coefficient (Wildman–Crippen LogP) is 1.19. The topological polar surface area (TPSA) is 97.1 Å². The molecule has 1 heterocycles. The molecule has 2 amide bonds. The van der Waals surface area contributed by atoms with E-state index in [1.165, 1.54) is 0 Å². The lowest BCUT2D eigenvalue weighted by atomic mass is 10.2. The summed E-state index contributed by atoms with van der Waals surface area (Å²) in [6.07, 6.45) is 0.646. The van der Waals surface area contributed by atoms with Crippen LogP contribution in [0.15, 0.2) is 40.0 Å². The van der Waals surface area contributed by atoms with Crippen LogP contribution in [0.25, 0.3) is 0 Å². The monoisotopic (exact) mass is 306 g/mol. The largest absolute Gasteiger partial charge is 0.416 e. The van der Waals surface area contributed by atoms with Crippen LogP contribution in [0.3, 0.4) is 0 Å². The van der Waals surface area contributed by atoms with E-state index in [1.54, 1.807) is 30.3 Å². The van der Waals surface area contributed by atoms with Crippen molar-refractivity contribution < 1.29 is 14.0 Å². The number of nitrogens with one attached hydrogen (secondary N) is 2. The zero-order valence-corrected chi connectivity index (χ0v) is 12.1. The van der Waals surface area contributed by atoms with Crippen LogP contribution in [-0.4, -0.2) is 27.8 Å². The predicted molar refractivity (Wildman–Crippen MR) is 76.5 cm³/mol. The van der Waals surface area contributed by atoms with Gasteiger partial charge in [-0.05, 0) is 12.1 Å². The van der Waals surface area contributed by atoms with Gasteiger partial charge in [0.05, 0.1) is 5.75 Å². The van der Waals surface area contributed by atoms with Crippen molar-refractivity contribution in [1.82, 2.24) is 21.0 Å². The quantitative estimate of drug-likeness (QED) is 0.636. The molecule has 110 valence electrons. The van der Waals surface area contributed by atoms with Gasteiger partial charge in [0.15, 0.2) is 0 Å². The first-order valence-corrected chi connectivity index (χ1v) is 7.27. The Morgan fingerprint density at radius 2 is 1.95 bits per heavy atom. The van der Waals surface area contributed by atoms with E-state index in [4.69, 9.17) is 4.42 Å². The van der Waals surface area contributed by atoms with Gasteiger partial charge in [0.1, 0.15) is 0 Å². The minimum Gasteiger partial charge on any atom is -0.416 e. The average Bonchev–Trinajstić information content (AvgIpc) is 2.99. The third-order valence-electron chi connectivity index (χ3n) is 2.43. The summed E-state index contributed by atoms with van der Waals surface area (Å²) in [6, 6.07) is 8.60. The van der Waals surface area contributed by atoms with E-state index in [0.29, 0.717) is 23.1 Å². The molecule has 7 nitrogen and oxygen atoms in total. The van der Waals surface area contributed by atoms with Crippen LogP contribution >= 0.6 is 11.8 Å². The number of nitrogens with zero attached hydrogens (tertiary/aromatic N) is 2. The molecule has 0 fully saturated rings. The number of aryl methyl sites for hydroxylation is 1. The van der Waals surface area contributed by atoms with Crippen LogP contribution in [-0.2, 0) is 11.2 Å². The van der Waals surface area contributed by atoms with Gasteiger partial charge >= 0.3 is 0 Å². The summed E-state index contributed by atoms with van der Waals surface area (Å²) >= 11 is 1.11. The van der Waals surface area contributed by atoms with E-state index < -0.39 is 0 Å². The fourth-order valence-electron chi connectivity index (χ4n) is 1.39. The number of rotatable bonds is 5. The Kier molecular flexibility index (Phi) is 5.33. The highest BCUT2D eigenvalue weighted by Crippen LogP contribution is 2.15. The minimum atomic E-state index is -0.375. The Morgan fingerprint density at radius 1 is 1.19 bits per heavy atom. The Hall–Kier alpha value is -2.35. The molecule has 2 rings (SSSR count). The standard InChI is InChI=1S/C13H14N4O3S/c1-2-11-15-17-13(20-11)21-8-10(18)14-16-12(19)9-6-4-3-5-7-9/h3-7H,2,8H2,1H3,(H,14,18)(H,16,19). The summed E-state index contributed by atoms with van der Waals surface area (Å²) in [5, 5.41) is 7.90. The number of thioether (sulfide) groups is 1. The molecule has 0 aliphatic carbocycles. The van der Waals surface area contributed by atoms with Crippen molar-refractivity contribution in [3.63, 3.8) is 0 Å². The second-order valence-corrected chi connectivity index (χ2v) is 4.90. The van der Waals surface area contributed by atoms with E-state index >= 15 is 0 Å². The van der Waals surface area contributed by atoms with Crippen LogP contribution in [0.4, 0.5) is 0 Å². The zero-order valence-electron chi connectivity index (χ0n) is 11.3. The third kappa shape index (κ3) is 4.60. The summed E-state index contributed by atoms with van der Waals surface area (Å²) in [7, 11) is 0. The summed E-state index contributed by atoms with van der Waals surface area (Å²) in [4.78, 5) is 23.3. The maximum absolute atomic E-state index is 11.7. The lowest BCUT2D eigenvalue weighted by Crippen LogP contribution is -2.42. The molecule has 0 spiro atoms. The molecule has 0 bridgehead atoms. The molecule has 0 aliphatic rings. The first-order valence-electron chi connectivity index (χ1n) is 6.28. The highest BCUT2D eigenvalue weighted by molar-refractivity contribution is 7.99. The second-order valence-electron chi connectivity index (χ2n) is 3.97. The van der Waals surface area contributed by atoms with E-state index in [2.05, 4.69) is 21.0 Å². The molecular weight excluding hydrogens is 292 g/mol. The molecule has 2 N–H and O–H groups in total. The van der Waals surface area contributed by atoms with Crippen molar-refractivity contribution in [3.05, 3.63) is 41.8 Å². The zero-order chi connectivity index (χ0) is 15.1. The number of carbonyl (C=O) groups excluding carboxylic acids is 2. The van der Waals surface area contributed by atoms with E-state index in [9.17, 15) is 9.59 Å². The maximum atomic E-state index is 11.7. The van der Waals surface area contributed by atoms with E-state index in [1.807, 2.05) is 6.92 Å². The lowest BCUT2D eigenvalue weighted by Gasteiger charge is -2.06. The Balaban J connectivity index is 1.73. The number of carbonyl (C=O) groups is 2. The molecule has 8 heteroatoms. The van der Waals surface area contributed by atoms with Gasteiger partial charge in [-0.2, -0.15) is 0 Å². The molecular formula is C13H14N4O3S. The molecule has 2 aromatic rings. The van der Waals surface area contributed by atoms with Gasteiger partial charge in [-0.3, -0.25) is 20.4 Å². The molecule has 1 aromatic carbocycles. The van der Waals surface area contributed by atoms with Gasteiger partial charge in [0, 0.05) is 12.0 Å². The Morgan fingerprint density at radius 3 is 2.62 bits per heavy atom. The van der Waals surface area contributed by atoms with Crippen molar-refractivity contribution in [2.45, 2.75) is 18.6 Å². The minimum absolute atomic E-state index is 0.0699. The Bertz CT molecular complexity index is 615. The van der Waals surface area contributed by atoms with Crippen LogP contribution in [0.2, 0.25) is 0 Å². The van der Waals surface area contributed by atoms with Crippen LogP contribution in [0.5, 0.6) is 0 Å². The normalized spacial score (nSPS) is 10.1. The molecule has 0 saturated carbocycles. The Labute approximate surface area is 125 Å². The van der Waals surface area contributed by atoms with Gasteiger partial charge in [0.25, 0.3) is 11.1 Å². The number of benzene rings is 1. The van der Waals surface area contributed by atoms with Gasteiger partial charge in [-0.1, -0.05) is 36.9 Å². The fourth-order valence-corrected chi connectivity index (χ4v) is 1.97. The molecule has 0 saturated heterocycles. The van der Waals surface area contributed by atoms with Crippen molar-refractivity contribution in [2.75, 3.05) is 5.75 Å². The number of aromatic nitrogens is 2. The first kappa shape index (κ1) is 15.0. The van der Waals surface area contributed by atoms with Crippen molar-refractivity contribution >= 4 is 23.6 Å². The molecule has 0 radical (unpaired) electrons. The van der Waals surface area contributed by atoms with Gasteiger partial charge < -0.3 is 4.42 Å². The highest BCUT2D eigenvalue weighted by atomic mass is 32.2. The third-order valence-corrected chi connectivity index (χ3v) is 3.25. The molecule has 21 heavy (non-hydrogen) atoms. The summed E-state index contributed by atoms with van der Waals surface area (Å²) in [5.41, 5.74) is 5.12. The van der Waals surface area contributed by atoms with Crippen molar-refractivity contribution in [2.24, 2.45) is 0 Å². The summed E-state index contributed by atoms with van der Waals surface area (Å²) < 4.78 is 5.25. The number of hydrazine groups is 1. The van der Waals surface area contributed by atoms with E-state index in [-0.39, 0.29) is 17.6 Å². The number of amides is 2. The SMILES string of the molecule is CCc1nnc(SCC(=O)NNC(=O)c2ccccc2)o1. The highest BCUT2D eigenvalue weighted by Gasteiger charge is 2.10. The van der Waals surface area contributed by atoms with Crippen LogP contribution in [0, 0.1) is 0 Å². The van der Waals surface area contributed by atoms with Crippen molar-refractivity contribution in [3.8, 4) is 0 Å². The van der Waals surface area contributed by atoms with Crippen LogP contribution in [0.1, 0.15) is 23.2 Å². The first-order chi connectivity index (χ1) is 10.2. The van der Waals surface area contributed by atoms with Gasteiger partial charge in [-0.15, -0.1) is 10.2 Å². The summed E-state index contributed by atoms with van der Waals surface area (Å²) in [5.74, 6) is -0.142. The maximum Gasteiger partial charge on any atom is 0.277 e. The van der Waals surface area contributed by atoms with Gasteiger partial charge in [0.2, 0.25) is 11.8 Å². The summed E-state index contributed by atoms with van der Waals surface area (Å²) in [6.45, 7) is 1.90. The molecule has 0 aliphatic heterocycles. The van der Waals surface area contributed by atoms with E-state index in [0.717, 1.165) is 11.8 Å². The number of hydrogen-bond donors (Lipinski definition) is 2. The molecule has 0 atom stereocenters. The average molecular weight is 306 g/mol. The van der Waals surface area contributed by atoms with Crippen molar-refractivity contribution in [1.29, 1.82) is 0 Å².